The summed E-state index contributed by atoms with van der Waals surface area (Å²) < 4.78 is 76.1. The summed E-state index contributed by atoms with van der Waals surface area (Å²) in [5.41, 5.74) is 2.18. The van der Waals surface area contributed by atoms with E-state index in [1.165, 1.54) is 24.3 Å². The van der Waals surface area contributed by atoms with E-state index in [-0.39, 0.29) is 0 Å². The zero-order valence-electron chi connectivity index (χ0n) is 18.1. The van der Waals surface area contributed by atoms with Crippen molar-refractivity contribution in [1.29, 1.82) is 0 Å². The molecule has 0 amide bonds. The van der Waals surface area contributed by atoms with Gasteiger partial charge in [-0.2, -0.15) is 26.3 Å². The van der Waals surface area contributed by atoms with Crippen LogP contribution in [0.25, 0.3) is 11.3 Å². The summed E-state index contributed by atoms with van der Waals surface area (Å²) in [6.07, 6.45) is -3.73. The van der Waals surface area contributed by atoms with Crippen LogP contribution in [0.4, 0.5) is 26.3 Å². The second-order valence-electron chi connectivity index (χ2n) is 7.72. The third-order valence-electron chi connectivity index (χ3n) is 5.13. The molecule has 2 nitrogen and oxygen atoms in total. The molecule has 0 fully saturated rings. The minimum Gasteiger partial charge on any atom is -0.374 e. The van der Waals surface area contributed by atoms with E-state index in [2.05, 4.69) is 22.9 Å². The van der Waals surface area contributed by atoms with Gasteiger partial charge in [-0.1, -0.05) is 36.4 Å². The Kier molecular flexibility index (Phi) is 7.97. The Hall–Kier alpha value is -2.94. The van der Waals surface area contributed by atoms with Gasteiger partial charge in [0.05, 0.1) is 22.2 Å². The second kappa shape index (κ2) is 10.5. The molecule has 2 aromatic carbocycles. The van der Waals surface area contributed by atoms with Gasteiger partial charge in [-0.15, -0.1) is 12.6 Å². The molecule has 3 rings (SSSR count). The molecule has 9 heteroatoms. The molecule has 0 bridgehead atoms. The van der Waals surface area contributed by atoms with Crippen LogP contribution in [0.5, 0.6) is 0 Å². The van der Waals surface area contributed by atoms with Crippen molar-refractivity contribution in [3.8, 4) is 11.3 Å². The molecule has 1 atom stereocenters. The average molecular weight is 497 g/mol. The molecular formula is C25H22F6N2S. The van der Waals surface area contributed by atoms with E-state index >= 15 is 0 Å². The minimum atomic E-state index is -4.38. The highest BCUT2D eigenvalue weighted by Gasteiger charge is 2.30. The van der Waals surface area contributed by atoms with Gasteiger partial charge in [0.25, 0.3) is 0 Å². The molecule has 180 valence electrons. The molecule has 3 aromatic rings. The van der Waals surface area contributed by atoms with Crippen molar-refractivity contribution in [3.05, 3.63) is 101 Å². The predicted octanol–water partition coefficient (Wildman–Crippen LogP) is 7.84. The standard InChI is InChI=1S/C25H22F6N2S/c1-16(33-23(34)19-8-12-21(13-9-19)25(29,30)31)3-2-4-17-5-14-22(32-15-17)18-6-10-20(11-7-18)24(26,27)28/h3,5-15,23,33-34H,2,4H2,1H3/b16-3+. The number of rotatable bonds is 7. The topological polar surface area (TPSA) is 24.9 Å². The van der Waals surface area contributed by atoms with Crippen LogP contribution in [0.1, 0.15) is 41.0 Å². The SMILES string of the molecule is C/C(=C\CCc1ccc(-c2ccc(C(F)(F)F)cc2)nc1)NC(S)c1ccc(C(F)(F)F)cc1. The maximum Gasteiger partial charge on any atom is 0.416 e. The van der Waals surface area contributed by atoms with E-state index in [4.69, 9.17) is 0 Å². The fourth-order valence-corrected chi connectivity index (χ4v) is 3.62. The summed E-state index contributed by atoms with van der Waals surface area (Å²) in [5.74, 6) is 0. The van der Waals surface area contributed by atoms with Crippen molar-refractivity contribution in [1.82, 2.24) is 10.3 Å². The molecule has 1 unspecified atom stereocenters. The molecule has 0 radical (unpaired) electrons. The Labute approximate surface area is 199 Å². The minimum absolute atomic E-state index is 0.455. The van der Waals surface area contributed by atoms with Gasteiger partial charge in [0.1, 0.15) is 0 Å². The van der Waals surface area contributed by atoms with Gasteiger partial charge >= 0.3 is 12.4 Å². The lowest BCUT2D eigenvalue weighted by Crippen LogP contribution is -2.15. The predicted molar refractivity (Wildman–Crippen MR) is 123 cm³/mol. The van der Waals surface area contributed by atoms with Crippen LogP contribution in [0.2, 0.25) is 0 Å². The van der Waals surface area contributed by atoms with E-state index in [9.17, 15) is 26.3 Å². The second-order valence-corrected chi connectivity index (χ2v) is 8.24. The fourth-order valence-electron chi connectivity index (χ4n) is 3.24. The van der Waals surface area contributed by atoms with E-state index in [0.717, 1.165) is 35.5 Å². The van der Waals surface area contributed by atoms with Crippen molar-refractivity contribution in [3.63, 3.8) is 0 Å². The summed E-state index contributed by atoms with van der Waals surface area (Å²) in [6.45, 7) is 1.85. The number of aryl methyl sites for hydroxylation is 1. The molecule has 0 aliphatic carbocycles. The summed E-state index contributed by atoms with van der Waals surface area (Å²) in [4.78, 5) is 4.34. The van der Waals surface area contributed by atoms with E-state index < -0.39 is 28.9 Å². The first-order chi connectivity index (χ1) is 15.9. The van der Waals surface area contributed by atoms with Crippen LogP contribution in [0.3, 0.4) is 0 Å². The first kappa shape index (κ1) is 25.7. The van der Waals surface area contributed by atoms with Gasteiger partial charge in [0.15, 0.2) is 0 Å². The number of nitrogens with one attached hydrogen (secondary N) is 1. The van der Waals surface area contributed by atoms with Gasteiger partial charge in [0.2, 0.25) is 0 Å². The Balaban J connectivity index is 1.52. The number of aromatic nitrogens is 1. The molecule has 0 aliphatic heterocycles. The Morgan fingerprint density at radius 3 is 1.94 bits per heavy atom. The van der Waals surface area contributed by atoms with Gasteiger partial charge in [-0.3, -0.25) is 4.98 Å². The number of allylic oxidation sites excluding steroid dienone is 2. The molecule has 1 aromatic heterocycles. The highest BCUT2D eigenvalue weighted by Crippen LogP contribution is 2.31. The Morgan fingerprint density at radius 1 is 0.882 bits per heavy atom. The average Bonchev–Trinajstić information content (AvgIpc) is 2.78. The molecule has 0 saturated heterocycles. The number of halogens is 6. The molecule has 1 heterocycles. The molecule has 0 aliphatic rings. The zero-order valence-corrected chi connectivity index (χ0v) is 19.0. The van der Waals surface area contributed by atoms with Crippen LogP contribution >= 0.6 is 12.6 Å². The summed E-state index contributed by atoms with van der Waals surface area (Å²) in [6, 6.07) is 13.3. The van der Waals surface area contributed by atoms with Gasteiger partial charge in [0, 0.05) is 17.5 Å². The lowest BCUT2D eigenvalue weighted by Gasteiger charge is -2.16. The summed E-state index contributed by atoms with van der Waals surface area (Å²) in [5, 5.41) is 2.68. The number of benzene rings is 2. The molecule has 1 N–H and O–H groups in total. The molecule has 0 spiro atoms. The van der Waals surface area contributed by atoms with Crippen molar-refractivity contribution < 1.29 is 26.3 Å². The normalized spacial score (nSPS) is 13.6. The van der Waals surface area contributed by atoms with Crippen molar-refractivity contribution in [2.24, 2.45) is 0 Å². The Bertz CT molecular complexity index is 1100. The first-order valence-electron chi connectivity index (χ1n) is 10.3. The van der Waals surface area contributed by atoms with Crippen LogP contribution in [0, 0.1) is 0 Å². The van der Waals surface area contributed by atoms with Crippen LogP contribution in [-0.4, -0.2) is 4.98 Å². The monoisotopic (exact) mass is 496 g/mol. The maximum absolute atomic E-state index is 12.7. The largest absolute Gasteiger partial charge is 0.416 e. The van der Waals surface area contributed by atoms with Gasteiger partial charge in [-0.05, 0) is 61.2 Å². The van der Waals surface area contributed by atoms with E-state index in [0.29, 0.717) is 29.7 Å². The smallest absolute Gasteiger partial charge is 0.374 e. The quantitative estimate of drug-likeness (QED) is 0.198. The first-order valence-corrected chi connectivity index (χ1v) is 10.9. The lowest BCUT2D eigenvalue weighted by atomic mass is 10.1. The molecule has 0 saturated carbocycles. The van der Waals surface area contributed by atoms with Crippen molar-refractivity contribution in [2.75, 3.05) is 0 Å². The maximum atomic E-state index is 12.7. The number of nitrogens with zero attached hydrogens (tertiary/aromatic N) is 1. The number of hydrogen-bond acceptors (Lipinski definition) is 3. The van der Waals surface area contributed by atoms with Crippen molar-refractivity contribution in [2.45, 2.75) is 37.5 Å². The van der Waals surface area contributed by atoms with Crippen LogP contribution in [0.15, 0.2) is 78.6 Å². The van der Waals surface area contributed by atoms with Gasteiger partial charge in [-0.25, -0.2) is 0 Å². The summed E-state index contributed by atoms with van der Waals surface area (Å²) in [7, 11) is 0. The Morgan fingerprint density at radius 2 is 1.44 bits per heavy atom. The van der Waals surface area contributed by atoms with Crippen LogP contribution in [-0.2, 0) is 18.8 Å². The van der Waals surface area contributed by atoms with E-state index in [1.54, 1.807) is 12.3 Å². The fraction of sp³-hybridized carbons (Fsp3) is 0.240. The lowest BCUT2D eigenvalue weighted by molar-refractivity contribution is -0.138. The van der Waals surface area contributed by atoms with Crippen LogP contribution < -0.4 is 5.32 Å². The number of hydrogen-bond donors (Lipinski definition) is 2. The highest BCUT2D eigenvalue weighted by molar-refractivity contribution is 7.80. The highest BCUT2D eigenvalue weighted by atomic mass is 32.1. The summed E-state index contributed by atoms with van der Waals surface area (Å²) >= 11 is 4.42. The number of alkyl halides is 6. The van der Waals surface area contributed by atoms with E-state index in [1.807, 2.05) is 19.1 Å². The third-order valence-corrected chi connectivity index (χ3v) is 5.56. The molecule has 34 heavy (non-hydrogen) atoms. The number of thiol groups is 1. The van der Waals surface area contributed by atoms with Gasteiger partial charge < -0.3 is 5.32 Å². The zero-order chi connectivity index (χ0) is 24.9. The van der Waals surface area contributed by atoms with Crippen molar-refractivity contribution >= 4 is 12.6 Å². The molecular weight excluding hydrogens is 474 g/mol. The number of pyridine rings is 1. The third kappa shape index (κ3) is 7.03.